The number of ether oxygens (including phenoxy) is 1. The average Bonchev–Trinajstić information content (AvgIpc) is 3.73. The van der Waals surface area contributed by atoms with Crippen LogP contribution in [0.4, 0.5) is 17.2 Å². The fraction of sp³-hybridized carbons (Fsp3) is 0.281. The molecule has 2 aliphatic rings. The van der Waals surface area contributed by atoms with E-state index in [1.165, 1.54) is 17.7 Å². The molecule has 0 radical (unpaired) electrons. The summed E-state index contributed by atoms with van der Waals surface area (Å²) in [6.07, 6.45) is 7.69. The number of fused-ring (bicyclic) bond motifs is 2. The number of pyridine rings is 2. The van der Waals surface area contributed by atoms with Crippen molar-refractivity contribution in [3.05, 3.63) is 77.7 Å². The second-order valence-corrected chi connectivity index (χ2v) is 11.4. The van der Waals surface area contributed by atoms with Crippen LogP contribution in [0.3, 0.4) is 0 Å². The molecule has 4 aromatic rings. The van der Waals surface area contributed by atoms with Crippen molar-refractivity contribution < 1.29 is 9.53 Å². The molecule has 3 heterocycles. The van der Waals surface area contributed by atoms with Gasteiger partial charge in [-0.25, -0.2) is 9.97 Å². The van der Waals surface area contributed by atoms with Gasteiger partial charge in [0.2, 0.25) is 5.91 Å². The lowest BCUT2D eigenvalue weighted by molar-refractivity contribution is -0.121. The molecule has 1 saturated carbocycles. The number of hydrogen-bond acceptors (Lipinski definition) is 6. The number of carbonyl (C=O) groups excluding carboxylic acids is 1. The minimum Gasteiger partial charge on any atom is -0.495 e. The smallest absolute Gasteiger partial charge is 0.235 e. The van der Waals surface area contributed by atoms with Gasteiger partial charge in [-0.3, -0.25) is 4.79 Å². The summed E-state index contributed by atoms with van der Waals surface area (Å²) in [7, 11) is 1.69. The number of nitrogens with one attached hydrogen (secondary N) is 2. The average molecular weight is 535 g/mol. The number of carbonyl (C=O) groups is 1. The van der Waals surface area contributed by atoms with Crippen molar-refractivity contribution in [3.8, 4) is 17.6 Å². The van der Waals surface area contributed by atoms with Crippen molar-refractivity contribution in [1.82, 2.24) is 9.97 Å². The summed E-state index contributed by atoms with van der Waals surface area (Å²) in [6.45, 7) is 4.13. The van der Waals surface area contributed by atoms with E-state index in [0.717, 1.165) is 57.1 Å². The van der Waals surface area contributed by atoms with E-state index in [1.54, 1.807) is 13.3 Å². The molecular formula is C32H30N4O2S. The van der Waals surface area contributed by atoms with Gasteiger partial charge in [0.15, 0.2) is 0 Å². The highest BCUT2D eigenvalue weighted by Gasteiger charge is 2.43. The van der Waals surface area contributed by atoms with Crippen molar-refractivity contribution in [2.75, 3.05) is 17.7 Å². The molecule has 2 aromatic heterocycles. The molecule has 1 fully saturated rings. The molecule has 6 nitrogen and oxygen atoms in total. The van der Waals surface area contributed by atoms with Gasteiger partial charge in [-0.05, 0) is 79.6 Å². The van der Waals surface area contributed by atoms with Crippen LogP contribution in [0.5, 0.6) is 5.75 Å². The van der Waals surface area contributed by atoms with Gasteiger partial charge >= 0.3 is 0 Å². The number of nitrogens with zero attached hydrogens (tertiary/aromatic N) is 2. The van der Waals surface area contributed by atoms with Crippen molar-refractivity contribution in [3.63, 3.8) is 0 Å². The van der Waals surface area contributed by atoms with E-state index in [-0.39, 0.29) is 5.91 Å². The number of anilines is 3. The van der Waals surface area contributed by atoms with Gasteiger partial charge in [-0.2, -0.15) is 0 Å². The summed E-state index contributed by atoms with van der Waals surface area (Å²) in [5.74, 6) is 8.04. The van der Waals surface area contributed by atoms with E-state index in [0.29, 0.717) is 11.5 Å². The minimum absolute atomic E-state index is 0.0730. The van der Waals surface area contributed by atoms with Crippen molar-refractivity contribution in [1.29, 1.82) is 0 Å². The molecule has 1 aliphatic carbocycles. The summed E-state index contributed by atoms with van der Waals surface area (Å²) in [4.78, 5) is 23.1. The Bertz CT molecular complexity index is 1650. The van der Waals surface area contributed by atoms with Crippen LogP contribution in [0.1, 0.15) is 56.4 Å². The molecule has 39 heavy (non-hydrogen) atoms. The first-order valence-corrected chi connectivity index (χ1v) is 14.3. The lowest BCUT2D eigenvalue weighted by Crippen LogP contribution is -2.32. The van der Waals surface area contributed by atoms with Gasteiger partial charge in [-0.1, -0.05) is 25.8 Å². The molecule has 0 unspecified atom stereocenters. The summed E-state index contributed by atoms with van der Waals surface area (Å²) in [5.41, 5.74) is 3.82. The first kappa shape index (κ1) is 25.3. The van der Waals surface area contributed by atoms with E-state index in [2.05, 4.69) is 58.4 Å². The van der Waals surface area contributed by atoms with Crippen LogP contribution >= 0.6 is 11.8 Å². The van der Waals surface area contributed by atoms with Gasteiger partial charge in [-0.15, -0.1) is 11.8 Å². The number of rotatable bonds is 7. The standard InChI is InChI=1S/C32H30N4O2S/c1-4-32(5-2)25-11-6-20(16-28(25)36-31(32)37)7-12-26-24-18-30(34-19-21(24)14-15-33-26)35-27-13-10-23(17-29(27)38-3)39-22-8-9-22/h6,10-11,13-19,22H,4-5,8-9H2,1-3H3,(H,34,35)(H,36,37). The summed E-state index contributed by atoms with van der Waals surface area (Å²) in [5, 5.41) is 9.07. The number of benzene rings is 2. The maximum Gasteiger partial charge on any atom is 0.235 e. The van der Waals surface area contributed by atoms with Gasteiger partial charge in [0, 0.05) is 44.6 Å². The quantitative estimate of drug-likeness (QED) is 0.248. The molecule has 1 amide bonds. The Hall–Kier alpha value is -4.02. The third-order valence-corrected chi connectivity index (χ3v) is 8.99. The molecule has 2 N–H and O–H groups in total. The van der Waals surface area contributed by atoms with Gasteiger partial charge < -0.3 is 15.4 Å². The van der Waals surface area contributed by atoms with Crippen molar-refractivity contribution in [2.45, 2.75) is 55.1 Å². The normalized spacial score (nSPS) is 15.3. The Balaban J connectivity index is 1.29. The second kappa shape index (κ2) is 10.3. The molecule has 6 rings (SSSR count). The van der Waals surface area contributed by atoms with Gasteiger partial charge in [0.05, 0.1) is 18.2 Å². The maximum absolute atomic E-state index is 12.7. The SMILES string of the molecule is CCC1(CC)C(=O)Nc2cc(C#Cc3nccc4cnc(Nc5ccc(SC6CC6)cc5OC)cc34)ccc21. The first-order valence-electron chi connectivity index (χ1n) is 13.4. The third-order valence-electron chi connectivity index (χ3n) is 7.66. The van der Waals surface area contributed by atoms with Crippen LogP contribution in [0.15, 0.2) is 65.8 Å². The van der Waals surface area contributed by atoms with Crippen LogP contribution < -0.4 is 15.4 Å². The number of amides is 1. The molecule has 2 aromatic carbocycles. The predicted octanol–water partition coefficient (Wildman–Crippen LogP) is 7.05. The third kappa shape index (κ3) is 4.81. The number of methoxy groups -OCH3 is 1. The van der Waals surface area contributed by atoms with Crippen molar-refractivity contribution >= 4 is 45.6 Å². The highest BCUT2D eigenvalue weighted by atomic mass is 32.2. The van der Waals surface area contributed by atoms with Crippen molar-refractivity contribution in [2.24, 2.45) is 0 Å². The highest BCUT2D eigenvalue weighted by Crippen LogP contribution is 2.43. The number of thioether (sulfide) groups is 1. The zero-order valence-corrected chi connectivity index (χ0v) is 23.1. The zero-order chi connectivity index (χ0) is 27.0. The molecule has 0 atom stereocenters. The summed E-state index contributed by atoms with van der Waals surface area (Å²) >= 11 is 1.90. The maximum atomic E-state index is 12.7. The highest BCUT2D eigenvalue weighted by molar-refractivity contribution is 8.00. The largest absolute Gasteiger partial charge is 0.495 e. The van der Waals surface area contributed by atoms with Crippen LogP contribution in [0, 0.1) is 11.8 Å². The Morgan fingerprint density at radius 2 is 1.92 bits per heavy atom. The van der Waals surface area contributed by atoms with E-state index in [4.69, 9.17) is 4.74 Å². The molecule has 0 spiro atoms. The lowest BCUT2D eigenvalue weighted by Gasteiger charge is -2.23. The fourth-order valence-electron chi connectivity index (χ4n) is 5.19. The Morgan fingerprint density at radius 3 is 2.69 bits per heavy atom. The number of aromatic nitrogens is 2. The fourth-order valence-corrected chi connectivity index (χ4v) is 6.27. The van der Waals surface area contributed by atoms with E-state index in [9.17, 15) is 4.79 Å². The topological polar surface area (TPSA) is 76.1 Å². The molecular weight excluding hydrogens is 504 g/mol. The van der Waals surface area contributed by atoms with Crippen LogP contribution in [-0.4, -0.2) is 28.2 Å². The molecule has 0 bridgehead atoms. The Morgan fingerprint density at radius 1 is 1.08 bits per heavy atom. The summed E-state index contributed by atoms with van der Waals surface area (Å²) < 4.78 is 5.66. The van der Waals surface area contributed by atoms with E-state index >= 15 is 0 Å². The summed E-state index contributed by atoms with van der Waals surface area (Å²) in [6, 6.07) is 16.1. The Kier molecular flexibility index (Phi) is 6.66. The van der Waals surface area contributed by atoms with Crippen LogP contribution in [-0.2, 0) is 10.2 Å². The van der Waals surface area contributed by atoms with E-state index < -0.39 is 5.41 Å². The predicted molar refractivity (Wildman–Crippen MR) is 158 cm³/mol. The van der Waals surface area contributed by atoms with E-state index in [1.807, 2.05) is 54.4 Å². The van der Waals surface area contributed by atoms with Crippen LogP contribution in [0.2, 0.25) is 0 Å². The zero-order valence-electron chi connectivity index (χ0n) is 22.3. The molecule has 0 saturated heterocycles. The number of hydrogen-bond donors (Lipinski definition) is 2. The van der Waals surface area contributed by atoms with Crippen LogP contribution in [0.25, 0.3) is 10.8 Å². The minimum atomic E-state index is -0.450. The molecule has 7 heteroatoms. The second-order valence-electron chi connectivity index (χ2n) is 10.0. The molecule has 196 valence electrons. The van der Waals surface area contributed by atoms with Gasteiger partial charge in [0.25, 0.3) is 0 Å². The molecule has 1 aliphatic heterocycles. The lowest BCUT2D eigenvalue weighted by atomic mass is 9.77. The Labute approximate surface area is 233 Å². The van der Waals surface area contributed by atoms with Gasteiger partial charge in [0.1, 0.15) is 17.3 Å². The monoisotopic (exact) mass is 534 g/mol. The first-order chi connectivity index (χ1) is 19.0.